The van der Waals surface area contributed by atoms with E-state index in [1.807, 2.05) is 38.1 Å². The highest BCUT2D eigenvalue weighted by Crippen LogP contribution is 2.34. The average molecular weight is 354 g/mol. The highest BCUT2D eigenvalue weighted by molar-refractivity contribution is 5.89. The van der Waals surface area contributed by atoms with E-state index >= 15 is 0 Å². The Morgan fingerprint density at radius 1 is 1.19 bits per heavy atom. The first-order chi connectivity index (χ1) is 12.6. The number of nitrogens with zero attached hydrogens (tertiary/aromatic N) is 4. The Morgan fingerprint density at radius 2 is 1.96 bits per heavy atom. The third-order valence-corrected chi connectivity index (χ3v) is 4.14. The Hall–Kier alpha value is -2.96. The molecule has 0 aliphatic heterocycles. The standard InChI is InChI=1S/C19H22N4O3/c1-5-9-14-17(19(24)26-6-2)20-21-18-16(12(3)22-23(14)18)13-10-7-8-11-15(13)25-4/h7-8,10-11H,5-6,9H2,1-4H3. The molecule has 2 aromatic heterocycles. The van der Waals surface area contributed by atoms with Gasteiger partial charge in [0.05, 0.1) is 30.7 Å². The fraction of sp³-hybridized carbons (Fsp3) is 0.368. The smallest absolute Gasteiger partial charge is 0.360 e. The number of methoxy groups -OCH3 is 1. The van der Waals surface area contributed by atoms with Crippen molar-refractivity contribution in [2.75, 3.05) is 13.7 Å². The SMILES string of the molecule is CCCc1c(C(=O)OCC)nnc2c(-c3ccccc3OC)c(C)nn12. The van der Waals surface area contributed by atoms with Gasteiger partial charge in [0.2, 0.25) is 0 Å². The van der Waals surface area contributed by atoms with Crippen molar-refractivity contribution in [1.29, 1.82) is 0 Å². The molecule has 3 rings (SSSR count). The first kappa shape index (κ1) is 17.8. The number of esters is 1. The van der Waals surface area contributed by atoms with Crippen LogP contribution < -0.4 is 4.74 Å². The van der Waals surface area contributed by atoms with Crippen molar-refractivity contribution in [3.05, 3.63) is 41.3 Å². The van der Waals surface area contributed by atoms with E-state index in [2.05, 4.69) is 15.3 Å². The zero-order valence-corrected chi connectivity index (χ0v) is 15.4. The maximum absolute atomic E-state index is 12.3. The Kier molecular flexibility index (Phi) is 5.16. The van der Waals surface area contributed by atoms with Gasteiger partial charge in [-0.25, -0.2) is 9.31 Å². The molecule has 0 spiro atoms. The summed E-state index contributed by atoms with van der Waals surface area (Å²) in [5.41, 5.74) is 4.06. The van der Waals surface area contributed by atoms with Crippen LogP contribution in [0.2, 0.25) is 0 Å². The second-order valence-corrected chi connectivity index (χ2v) is 5.86. The van der Waals surface area contributed by atoms with E-state index in [0.717, 1.165) is 29.0 Å². The lowest BCUT2D eigenvalue weighted by molar-refractivity contribution is 0.0515. The van der Waals surface area contributed by atoms with Gasteiger partial charge in [-0.1, -0.05) is 31.5 Å². The van der Waals surface area contributed by atoms with Crippen LogP contribution in [0.3, 0.4) is 0 Å². The van der Waals surface area contributed by atoms with Crippen LogP contribution in [0.25, 0.3) is 16.8 Å². The van der Waals surface area contributed by atoms with E-state index in [1.165, 1.54) is 0 Å². The number of ether oxygens (including phenoxy) is 2. The number of hydrogen-bond donors (Lipinski definition) is 0. The van der Waals surface area contributed by atoms with E-state index in [0.29, 0.717) is 17.8 Å². The molecule has 3 aromatic rings. The van der Waals surface area contributed by atoms with E-state index in [9.17, 15) is 4.79 Å². The molecule has 0 saturated carbocycles. The number of hydrogen-bond acceptors (Lipinski definition) is 6. The molecule has 2 heterocycles. The van der Waals surface area contributed by atoms with Gasteiger partial charge in [-0.05, 0) is 26.3 Å². The zero-order valence-electron chi connectivity index (χ0n) is 15.4. The van der Waals surface area contributed by atoms with Crippen LogP contribution in [0, 0.1) is 6.92 Å². The molecule has 7 heteroatoms. The third-order valence-electron chi connectivity index (χ3n) is 4.14. The maximum atomic E-state index is 12.3. The van der Waals surface area contributed by atoms with Gasteiger partial charge in [0.25, 0.3) is 0 Å². The minimum absolute atomic E-state index is 0.218. The normalized spacial score (nSPS) is 10.9. The van der Waals surface area contributed by atoms with Gasteiger partial charge in [-0.3, -0.25) is 0 Å². The van der Waals surface area contributed by atoms with Crippen molar-refractivity contribution in [3.63, 3.8) is 0 Å². The van der Waals surface area contributed by atoms with Gasteiger partial charge in [0.1, 0.15) is 5.75 Å². The minimum atomic E-state index is -0.475. The Balaban J connectivity index is 2.27. The van der Waals surface area contributed by atoms with Crippen molar-refractivity contribution in [1.82, 2.24) is 19.8 Å². The Bertz CT molecular complexity index is 949. The van der Waals surface area contributed by atoms with E-state index in [1.54, 1.807) is 18.5 Å². The van der Waals surface area contributed by atoms with Crippen molar-refractivity contribution in [2.24, 2.45) is 0 Å². The van der Waals surface area contributed by atoms with E-state index in [4.69, 9.17) is 9.47 Å². The molecule has 0 aliphatic carbocycles. The van der Waals surface area contributed by atoms with Crippen LogP contribution in [0.15, 0.2) is 24.3 Å². The molecular formula is C19H22N4O3. The molecule has 0 fully saturated rings. The molecule has 7 nitrogen and oxygen atoms in total. The summed E-state index contributed by atoms with van der Waals surface area (Å²) in [7, 11) is 1.63. The molecule has 0 bridgehead atoms. The number of fused-ring (bicyclic) bond motifs is 1. The summed E-state index contributed by atoms with van der Waals surface area (Å²) < 4.78 is 12.3. The largest absolute Gasteiger partial charge is 0.496 e. The van der Waals surface area contributed by atoms with Crippen molar-refractivity contribution >= 4 is 11.6 Å². The monoisotopic (exact) mass is 354 g/mol. The summed E-state index contributed by atoms with van der Waals surface area (Å²) in [5, 5.41) is 13.1. The number of carbonyl (C=O) groups is 1. The molecule has 0 atom stereocenters. The van der Waals surface area contributed by atoms with Gasteiger partial charge in [0, 0.05) is 5.56 Å². The molecule has 0 amide bonds. The molecular weight excluding hydrogens is 332 g/mol. The van der Waals surface area contributed by atoms with Crippen LogP contribution in [0.5, 0.6) is 5.75 Å². The number of rotatable bonds is 6. The lowest BCUT2D eigenvalue weighted by Gasteiger charge is -2.10. The first-order valence-corrected chi connectivity index (χ1v) is 8.67. The molecule has 0 radical (unpaired) electrons. The zero-order chi connectivity index (χ0) is 18.7. The number of benzene rings is 1. The summed E-state index contributed by atoms with van der Waals surface area (Å²) in [5.74, 6) is 0.260. The third kappa shape index (κ3) is 3.00. The highest BCUT2D eigenvalue weighted by Gasteiger charge is 2.23. The molecule has 0 aliphatic rings. The molecule has 26 heavy (non-hydrogen) atoms. The molecule has 1 aromatic carbocycles. The van der Waals surface area contributed by atoms with Gasteiger partial charge in [-0.2, -0.15) is 5.10 Å². The van der Waals surface area contributed by atoms with Crippen molar-refractivity contribution < 1.29 is 14.3 Å². The van der Waals surface area contributed by atoms with Gasteiger partial charge in [0.15, 0.2) is 11.3 Å². The summed E-state index contributed by atoms with van der Waals surface area (Å²) in [6.07, 6.45) is 1.49. The fourth-order valence-corrected chi connectivity index (χ4v) is 3.04. The van der Waals surface area contributed by atoms with Crippen LogP contribution in [-0.4, -0.2) is 39.5 Å². The number of para-hydroxylation sites is 1. The van der Waals surface area contributed by atoms with Crippen LogP contribution in [0.4, 0.5) is 0 Å². The second kappa shape index (κ2) is 7.51. The van der Waals surface area contributed by atoms with Crippen molar-refractivity contribution in [3.8, 4) is 16.9 Å². The maximum Gasteiger partial charge on any atom is 0.360 e. The van der Waals surface area contributed by atoms with Crippen LogP contribution in [0.1, 0.15) is 42.1 Å². The molecule has 0 saturated heterocycles. The average Bonchev–Trinajstić information content (AvgIpc) is 2.98. The summed E-state index contributed by atoms with van der Waals surface area (Å²) in [6, 6.07) is 7.71. The minimum Gasteiger partial charge on any atom is -0.496 e. The fourth-order valence-electron chi connectivity index (χ4n) is 3.04. The Labute approximate surface area is 152 Å². The lowest BCUT2D eigenvalue weighted by atomic mass is 10.1. The predicted octanol–water partition coefficient (Wildman–Crippen LogP) is 3.24. The molecule has 0 N–H and O–H groups in total. The Morgan fingerprint density at radius 3 is 2.65 bits per heavy atom. The summed E-state index contributed by atoms with van der Waals surface area (Å²) >= 11 is 0. The summed E-state index contributed by atoms with van der Waals surface area (Å²) in [6.45, 7) is 6.00. The topological polar surface area (TPSA) is 78.6 Å². The predicted molar refractivity (Wildman–Crippen MR) is 97.5 cm³/mol. The molecule has 0 unspecified atom stereocenters. The summed E-state index contributed by atoms with van der Waals surface area (Å²) in [4.78, 5) is 12.3. The van der Waals surface area contributed by atoms with Gasteiger partial charge < -0.3 is 9.47 Å². The van der Waals surface area contributed by atoms with Crippen LogP contribution in [-0.2, 0) is 11.2 Å². The van der Waals surface area contributed by atoms with Crippen LogP contribution >= 0.6 is 0 Å². The lowest BCUT2D eigenvalue weighted by Crippen LogP contribution is -2.16. The quantitative estimate of drug-likeness (QED) is 0.632. The van der Waals surface area contributed by atoms with E-state index in [-0.39, 0.29) is 12.3 Å². The first-order valence-electron chi connectivity index (χ1n) is 8.67. The number of aromatic nitrogens is 4. The molecule has 136 valence electrons. The van der Waals surface area contributed by atoms with E-state index < -0.39 is 5.97 Å². The number of aryl methyl sites for hydroxylation is 2. The number of carbonyl (C=O) groups excluding carboxylic acids is 1. The van der Waals surface area contributed by atoms with Gasteiger partial charge >= 0.3 is 5.97 Å². The van der Waals surface area contributed by atoms with Gasteiger partial charge in [-0.15, -0.1) is 10.2 Å². The highest BCUT2D eigenvalue weighted by atomic mass is 16.5. The van der Waals surface area contributed by atoms with Crippen molar-refractivity contribution in [2.45, 2.75) is 33.6 Å². The second-order valence-electron chi connectivity index (χ2n) is 5.86.